The van der Waals surface area contributed by atoms with Crippen LogP contribution in [0.5, 0.6) is 0 Å². The van der Waals surface area contributed by atoms with E-state index < -0.39 is 6.10 Å². The molecule has 0 aliphatic carbocycles. The van der Waals surface area contributed by atoms with Crippen molar-refractivity contribution < 1.29 is 28.6 Å². The highest BCUT2D eigenvalue weighted by molar-refractivity contribution is 5.71. The Bertz CT molecular complexity index is 1250. The second-order valence-corrected chi connectivity index (χ2v) is 19.9. The summed E-state index contributed by atoms with van der Waals surface area (Å²) >= 11 is 0. The molecule has 0 N–H and O–H groups in total. The number of rotatable bonds is 54. The number of ether oxygens (including phenoxy) is 3. The molecule has 1 unspecified atom stereocenters. The SMILES string of the molecule is CCCCCCC/C=C\C/C=C\C/C=C\CCCCCCCCCCC(=O)OCC(COC(=O)CCCCCCCCC)OC(=O)CCCCCCCCCCC/C=C\C/C=C\CCCCCCC. The summed E-state index contributed by atoms with van der Waals surface area (Å²) in [6, 6.07) is 0. The molecular formula is C63H112O6. The Morgan fingerprint density at radius 2 is 0.522 bits per heavy atom. The summed E-state index contributed by atoms with van der Waals surface area (Å²) in [5, 5.41) is 0. The molecule has 0 saturated heterocycles. The van der Waals surface area contributed by atoms with Crippen LogP contribution in [0.3, 0.4) is 0 Å². The topological polar surface area (TPSA) is 78.9 Å². The normalized spacial score (nSPS) is 12.4. The predicted molar refractivity (Wildman–Crippen MR) is 298 cm³/mol. The molecule has 0 rings (SSSR count). The zero-order valence-corrected chi connectivity index (χ0v) is 45.8. The van der Waals surface area contributed by atoms with Gasteiger partial charge in [0.2, 0.25) is 0 Å². The van der Waals surface area contributed by atoms with Crippen molar-refractivity contribution in [1.29, 1.82) is 0 Å². The Hall–Kier alpha value is -2.89. The summed E-state index contributed by atoms with van der Waals surface area (Å²) < 4.78 is 16.8. The molecular weight excluding hydrogens is 853 g/mol. The molecule has 1 atom stereocenters. The molecule has 0 aliphatic heterocycles. The first-order valence-electron chi connectivity index (χ1n) is 29.8. The smallest absolute Gasteiger partial charge is 0.306 e. The van der Waals surface area contributed by atoms with Crippen molar-refractivity contribution in [3.63, 3.8) is 0 Å². The number of unbranched alkanes of at least 4 members (excludes halogenated alkanes) is 33. The van der Waals surface area contributed by atoms with Crippen LogP contribution in [-0.2, 0) is 28.6 Å². The van der Waals surface area contributed by atoms with Gasteiger partial charge in [0.15, 0.2) is 6.10 Å². The predicted octanol–water partition coefficient (Wildman–Crippen LogP) is 20.0. The molecule has 0 radical (unpaired) electrons. The van der Waals surface area contributed by atoms with Crippen LogP contribution < -0.4 is 0 Å². The van der Waals surface area contributed by atoms with Gasteiger partial charge in [-0.1, -0.05) is 255 Å². The van der Waals surface area contributed by atoms with Crippen molar-refractivity contribution in [2.24, 2.45) is 0 Å². The number of allylic oxidation sites excluding steroid dienone is 10. The molecule has 0 amide bonds. The van der Waals surface area contributed by atoms with Crippen LogP contribution in [0, 0.1) is 0 Å². The van der Waals surface area contributed by atoms with Crippen molar-refractivity contribution in [3.05, 3.63) is 60.8 Å². The minimum absolute atomic E-state index is 0.0770. The van der Waals surface area contributed by atoms with Crippen molar-refractivity contribution >= 4 is 17.9 Å². The van der Waals surface area contributed by atoms with Crippen LogP contribution in [0.15, 0.2) is 60.8 Å². The maximum Gasteiger partial charge on any atom is 0.306 e. The van der Waals surface area contributed by atoms with E-state index in [0.717, 1.165) is 83.5 Å². The molecule has 0 saturated carbocycles. The van der Waals surface area contributed by atoms with E-state index in [0.29, 0.717) is 19.3 Å². The molecule has 0 spiro atoms. The lowest BCUT2D eigenvalue weighted by molar-refractivity contribution is -0.167. The average molecular weight is 966 g/mol. The molecule has 0 aromatic rings. The van der Waals surface area contributed by atoms with E-state index in [4.69, 9.17) is 14.2 Å². The van der Waals surface area contributed by atoms with Gasteiger partial charge >= 0.3 is 17.9 Å². The lowest BCUT2D eigenvalue weighted by atomic mass is 10.1. The molecule has 0 aromatic heterocycles. The van der Waals surface area contributed by atoms with Gasteiger partial charge in [0.25, 0.3) is 0 Å². The van der Waals surface area contributed by atoms with Gasteiger partial charge in [-0.2, -0.15) is 0 Å². The second-order valence-electron chi connectivity index (χ2n) is 19.9. The van der Waals surface area contributed by atoms with Crippen molar-refractivity contribution in [1.82, 2.24) is 0 Å². The van der Waals surface area contributed by atoms with E-state index in [1.807, 2.05) is 0 Å². The molecule has 0 fully saturated rings. The quantitative estimate of drug-likeness (QED) is 0.0262. The lowest BCUT2D eigenvalue weighted by Gasteiger charge is -2.18. The fourth-order valence-electron chi connectivity index (χ4n) is 8.48. The molecule has 6 heteroatoms. The minimum atomic E-state index is -0.777. The van der Waals surface area contributed by atoms with Crippen LogP contribution in [-0.4, -0.2) is 37.2 Å². The summed E-state index contributed by atoms with van der Waals surface area (Å²) in [4.78, 5) is 38.0. The monoisotopic (exact) mass is 965 g/mol. The van der Waals surface area contributed by atoms with E-state index in [-0.39, 0.29) is 31.1 Å². The molecule has 69 heavy (non-hydrogen) atoms. The Morgan fingerprint density at radius 1 is 0.290 bits per heavy atom. The van der Waals surface area contributed by atoms with Gasteiger partial charge in [0, 0.05) is 19.3 Å². The number of hydrogen-bond acceptors (Lipinski definition) is 6. The zero-order chi connectivity index (χ0) is 50.0. The first-order chi connectivity index (χ1) is 34.0. The van der Waals surface area contributed by atoms with Gasteiger partial charge in [0.1, 0.15) is 13.2 Å². The largest absolute Gasteiger partial charge is 0.462 e. The van der Waals surface area contributed by atoms with E-state index >= 15 is 0 Å². The van der Waals surface area contributed by atoms with Crippen molar-refractivity contribution in [3.8, 4) is 0 Å². The number of hydrogen-bond donors (Lipinski definition) is 0. The van der Waals surface area contributed by atoms with Gasteiger partial charge < -0.3 is 14.2 Å². The van der Waals surface area contributed by atoms with E-state index in [1.165, 1.54) is 180 Å². The van der Waals surface area contributed by atoms with Crippen LogP contribution >= 0.6 is 0 Å². The fraction of sp³-hybridized carbons (Fsp3) is 0.794. The molecule has 0 aliphatic rings. The summed E-state index contributed by atoms with van der Waals surface area (Å²) in [5.41, 5.74) is 0. The third-order valence-electron chi connectivity index (χ3n) is 13.0. The molecule has 400 valence electrons. The molecule has 6 nitrogen and oxygen atoms in total. The third-order valence-corrected chi connectivity index (χ3v) is 13.0. The lowest BCUT2D eigenvalue weighted by Crippen LogP contribution is -2.30. The Morgan fingerprint density at radius 3 is 0.812 bits per heavy atom. The van der Waals surface area contributed by atoms with Gasteiger partial charge in [0.05, 0.1) is 0 Å². The second kappa shape index (κ2) is 57.7. The van der Waals surface area contributed by atoms with Crippen LogP contribution in [0.1, 0.15) is 303 Å². The van der Waals surface area contributed by atoms with Crippen LogP contribution in [0.4, 0.5) is 0 Å². The Labute approximate surface area is 428 Å². The fourth-order valence-corrected chi connectivity index (χ4v) is 8.48. The summed E-state index contributed by atoms with van der Waals surface area (Å²) in [7, 11) is 0. The first-order valence-corrected chi connectivity index (χ1v) is 29.8. The third kappa shape index (κ3) is 55.9. The highest BCUT2D eigenvalue weighted by Gasteiger charge is 2.19. The van der Waals surface area contributed by atoms with Gasteiger partial charge in [-0.05, 0) is 89.9 Å². The van der Waals surface area contributed by atoms with Gasteiger partial charge in [-0.15, -0.1) is 0 Å². The van der Waals surface area contributed by atoms with E-state index in [9.17, 15) is 14.4 Å². The maximum absolute atomic E-state index is 12.8. The zero-order valence-electron chi connectivity index (χ0n) is 45.8. The summed E-state index contributed by atoms with van der Waals surface area (Å²) in [5.74, 6) is -0.885. The first kappa shape index (κ1) is 66.1. The molecule has 0 bridgehead atoms. The highest BCUT2D eigenvalue weighted by atomic mass is 16.6. The number of esters is 3. The number of carbonyl (C=O) groups is 3. The Kier molecular flexibility index (Phi) is 55.3. The molecule has 0 aromatic carbocycles. The standard InChI is InChI=1S/C63H112O6/c1-4-7-10-13-16-18-20-22-24-26-28-30-31-33-34-36-38-40-42-44-47-50-53-56-62(65)68-59-60(58-67-61(64)55-52-49-46-15-12-9-6-3)69-63(66)57-54-51-48-45-43-41-39-37-35-32-29-27-25-23-21-19-17-14-11-8-5-2/h20-23,26-29,31,33,60H,4-19,24-25,30,32,34-59H2,1-3H3/b22-20-,23-21-,28-26-,29-27-,33-31-. The van der Waals surface area contributed by atoms with Crippen molar-refractivity contribution in [2.75, 3.05) is 13.2 Å². The summed E-state index contributed by atoms with van der Waals surface area (Å²) in [6.45, 7) is 6.59. The Balaban J connectivity index is 4.20. The van der Waals surface area contributed by atoms with Crippen LogP contribution in [0.25, 0.3) is 0 Å². The average Bonchev–Trinajstić information content (AvgIpc) is 3.35. The van der Waals surface area contributed by atoms with Gasteiger partial charge in [-0.3, -0.25) is 14.4 Å². The van der Waals surface area contributed by atoms with E-state index in [2.05, 4.69) is 81.5 Å². The van der Waals surface area contributed by atoms with Gasteiger partial charge in [-0.25, -0.2) is 0 Å². The molecule has 0 heterocycles. The number of carbonyl (C=O) groups excluding carboxylic acids is 3. The van der Waals surface area contributed by atoms with E-state index in [1.54, 1.807) is 0 Å². The van der Waals surface area contributed by atoms with Crippen LogP contribution in [0.2, 0.25) is 0 Å². The maximum atomic E-state index is 12.8. The minimum Gasteiger partial charge on any atom is -0.462 e. The summed E-state index contributed by atoms with van der Waals surface area (Å²) in [6.07, 6.45) is 72.3. The van der Waals surface area contributed by atoms with Crippen molar-refractivity contribution in [2.45, 2.75) is 309 Å². The highest BCUT2D eigenvalue weighted by Crippen LogP contribution is 2.15.